The first-order valence-corrected chi connectivity index (χ1v) is 11.5. The fourth-order valence-electron chi connectivity index (χ4n) is 5.45. The summed E-state index contributed by atoms with van der Waals surface area (Å²) >= 11 is 0. The normalized spacial score (nSPS) is 25.4. The zero-order valence-electron chi connectivity index (χ0n) is 19.8. The predicted molar refractivity (Wildman–Crippen MR) is 127 cm³/mol. The lowest BCUT2D eigenvalue weighted by molar-refractivity contribution is -0.147. The van der Waals surface area contributed by atoms with Crippen LogP contribution in [0.1, 0.15) is 49.3 Å². The Labute approximate surface area is 202 Å². The van der Waals surface area contributed by atoms with Gasteiger partial charge in [-0.25, -0.2) is 0 Å². The number of amides is 1. The lowest BCUT2D eigenvalue weighted by Crippen LogP contribution is -2.58. The second kappa shape index (κ2) is 8.47. The molecule has 9 nitrogen and oxygen atoms in total. The van der Waals surface area contributed by atoms with Crippen molar-refractivity contribution in [1.82, 2.24) is 0 Å². The van der Waals surface area contributed by atoms with Gasteiger partial charge in [0.25, 0.3) is 5.91 Å². The zero-order chi connectivity index (χ0) is 25.8. The minimum atomic E-state index is -2.58. The fourth-order valence-corrected chi connectivity index (χ4v) is 5.45. The lowest BCUT2D eigenvalue weighted by atomic mass is 9.59. The van der Waals surface area contributed by atoms with Crippen molar-refractivity contribution in [3.05, 3.63) is 39.7 Å². The molecule has 1 fully saturated rings. The Morgan fingerprint density at radius 2 is 1.91 bits per heavy atom. The number of nitrogens with two attached hydrogens (primary N) is 1. The predicted octanol–water partition coefficient (Wildman–Crippen LogP) is 1.64. The van der Waals surface area contributed by atoms with Crippen molar-refractivity contribution in [2.75, 3.05) is 19.0 Å². The van der Waals surface area contributed by atoms with Crippen LogP contribution in [0.4, 0.5) is 5.69 Å². The molecule has 1 aromatic rings. The summed E-state index contributed by atoms with van der Waals surface area (Å²) in [4.78, 5) is 39.6. The molecule has 1 saturated carbocycles. The highest BCUT2D eigenvalue weighted by atomic mass is 16.3. The standard InChI is InChI=1S/C26H28N2O7/c1-4-5-6-7-12-10-16(28(2)3)15-9-13-8-14-11-17(29)20(25(27)34)24(33)26(14,35)23(32)18(13)22(31)19(15)21(12)30/h10,13-14,30-31,33,35H,4-5,8-9,11H2,1-3H3,(H2,27,34). The Morgan fingerprint density at radius 1 is 1.23 bits per heavy atom. The second-order valence-electron chi connectivity index (χ2n) is 9.50. The number of aliphatic hydroxyl groups is 3. The summed E-state index contributed by atoms with van der Waals surface area (Å²) in [6.45, 7) is 1.97. The monoisotopic (exact) mass is 480 g/mol. The number of unbranched alkanes of at least 4 members (excludes halogenated alkanes) is 1. The van der Waals surface area contributed by atoms with Gasteiger partial charge in [0.05, 0.1) is 11.1 Å². The average Bonchev–Trinajstić information content (AvgIpc) is 2.77. The summed E-state index contributed by atoms with van der Waals surface area (Å²) in [7, 11) is 3.62. The molecule has 1 aromatic carbocycles. The molecule has 3 atom stereocenters. The molecular formula is C26H28N2O7. The first-order valence-electron chi connectivity index (χ1n) is 11.5. The van der Waals surface area contributed by atoms with Gasteiger partial charge in [-0.05, 0) is 36.8 Å². The van der Waals surface area contributed by atoms with Crippen LogP contribution in [0, 0.1) is 23.7 Å². The van der Waals surface area contributed by atoms with E-state index in [-0.39, 0.29) is 41.7 Å². The Kier molecular flexibility index (Phi) is 5.89. The highest BCUT2D eigenvalue weighted by Gasteiger charge is 2.60. The number of aliphatic hydroxyl groups excluding tert-OH is 2. The number of anilines is 1. The van der Waals surface area contributed by atoms with E-state index in [4.69, 9.17) is 5.73 Å². The largest absolute Gasteiger partial charge is 0.508 e. The van der Waals surface area contributed by atoms with Crippen molar-refractivity contribution < 1.29 is 34.8 Å². The molecule has 0 spiro atoms. The third-order valence-electron chi connectivity index (χ3n) is 7.12. The van der Waals surface area contributed by atoms with Gasteiger partial charge in [0.1, 0.15) is 22.8 Å². The molecule has 9 heteroatoms. The summed E-state index contributed by atoms with van der Waals surface area (Å²) in [5.41, 5.74) is 3.31. The minimum Gasteiger partial charge on any atom is -0.508 e. The van der Waals surface area contributed by atoms with E-state index in [1.807, 2.05) is 25.9 Å². The molecule has 3 unspecified atom stereocenters. The molecule has 0 aliphatic heterocycles. The topological polar surface area (TPSA) is 161 Å². The van der Waals surface area contributed by atoms with Gasteiger partial charge < -0.3 is 31.1 Å². The molecule has 184 valence electrons. The number of Topliss-reactive ketones (excluding diaryl/α,β-unsaturated/α-hetero) is 2. The van der Waals surface area contributed by atoms with E-state index in [1.54, 1.807) is 6.07 Å². The number of hydrogen-bond donors (Lipinski definition) is 5. The maximum absolute atomic E-state index is 13.6. The van der Waals surface area contributed by atoms with Gasteiger partial charge in [-0.15, -0.1) is 0 Å². The van der Waals surface area contributed by atoms with E-state index in [0.717, 1.165) is 6.42 Å². The molecule has 35 heavy (non-hydrogen) atoms. The van der Waals surface area contributed by atoms with E-state index < -0.39 is 52.0 Å². The van der Waals surface area contributed by atoms with Crippen molar-refractivity contribution in [3.63, 3.8) is 0 Å². The van der Waals surface area contributed by atoms with Crippen LogP contribution in [0.5, 0.6) is 5.75 Å². The molecule has 0 radical (unpaired) electrons. The van der Waals surface area contributed by atoms with Crippen molar-refractivity contribution in [2.45, 2.75) is 44.6 Å². The van der Waals surface area contributed by atoms with E-state index in [9.17, 15) is 34.8 Å². The molecule has 1 amide bonds. The van der Waals surface area contributed by atoms with E-state index in [2.05, 4.69) is 11.8 Å². The van der Waals surface area contributed by atoms with Crippen LogP contribution in [0.15, 0.2) is 23.0 Å². The van der Waals surface area contributed by atoms with E-state index in [0.29, 0.717) is 17.7 Å². The fraction of sp³-hybridized carbons (Fsp3) is 0.423. The van der Waals surface area contributed by atoms with Crippen LogP contribution in [0.25, 0.3) is 5.76 Å². The van der Waals surface area contributed by atoms with Crippen molar-refractivity contribution in [1.29, 1.82) is 0 Å². The minimum absolute atomic E-state index is 0.0455. The molecule has 0 saturated heterocycles. The molecule has 6 N–H and O–H groups in total. The lowest BCUT2D eigenvalue weighted by Gasteiger charge is -2.46. The Morgan fingerprint density at radius 3 is 2.51 bits per heavy atom. The van der Waals surface area contributed by atoms with E-state index in [1.165, 1.54) is 0 Å². The van der Waals surface area contributed by atoms with Crippen LogP contribution in [-0.4, -0.2) is 57.6 Å². The number of fused-ring (bicyclic) bond motifs is 3. The molecule has 0 heterocycles. The Hall–Kier alpha value is -3.77. The summed E-state index contributed by atoms with van der Waals surface area (Å²) < 4.78 is 0. The average molecular weight is 481 g/mol. The number of hydrogen-bond acceptors (Lipinski definition) is 8. The van der Waals surface area contributed by atoms with Crippen LogP contribution >= 0.6 is 0 Å². The maximum atomic E-state index is 13.6. The zero-order valence-corrected chi connectivity index (χ0v) is 19.8. The van der Waals surface area contributed by atoms with Gasteiger partial charge in [0.15, 0.2) is 11.4 Å². The molecule has 0 bridgehead atoms. The molecule has 0 aromatic heterocycles. The number of ketones is 2. The van der Waals surface area contributed by atoms with Crippen LogP contribution in [-0.2, 0) is 20.8 Å². The van der Waals surface area contributed by atoms with Crippen molar-refractivity contribution >= 4 is 28.9 Å². The van der Waals surface area contributed by atoms with Gasteiger partial charge in [-0.3, -0.25) is 14.4 Å². The van der Waals surface area contributed by atoms with Gasteiger partial charge in [0, 0.05) is 44.1 Å². The summed E-state index contributed by atoms with van der Waals surface area (Å²) in [5.74, 6) is -0.579. The first kappa shape index (κ1) is 24.4. The molecule has 3 aliphatic rings. The van der Waals surface area contributed by atoms with Gasteiger partial charge in [-0.1, -0.05) is 18.8 Å². The highest BCUT2D eigenvalue weighted by Crippen LogP contribution is 2.53. The van der Waals surface area contributed by atoms with Crippen LogP contribution < -0.4 is 10.6 Å². The van der Waals surface area contributed by atoms with Crippen LogP contribution in [0.2, 0.25) is 0 Å². The number of carbonyl (C=O) groups excluding carboxylic acids is 3. The summed E-state index contributed by atoms with van der Waals surface area (Å²) in [6, 6.07) is 1.73. The highest BCUT2D eigenvalue weighted by molar-refractivity contribution is 6.22. The maximum Gasteiger partial charge on any atom is 0.255 e. The number of phenols is 1. The van der Waals surface area contributed by atoms with E-state index >= 15 is 0 Å². The third kappa shape index (κ3) is 3.48. The molecular weight excluding hydrogens is 452 g/mol. The van der Waals surface area contributed by atoms with Gasteiger partial charge in [0.2, 0.25) is 5.78 Å². The molecule has 3 aliphatic carbocycles. The van der Waals surface area contributed by atoms with Crippen molar-refractivity contribution in [2.24, 2.45) is 17.6 Å². The number of primary amides is 1. The second-order valence-corrected chi connectivity index (χ2v) is 9.50. The van der Waals surface area contributed by atoms with Crippen LogP contribution in [0.3, 0.4) is 0 Å². The van der Waals surface area contributed by atoms with Crippen molar-refractivity contribution in [3.8, 4) is 17.6 Å². The third-order valence-corrected chi connectivity index (χ3v) is 7.12. The summed E-state index contributed by atoms with van der Waals surface area (Å²) in [6.07, 6.45) is 1.44. The number of aromatic hydroxyl groups is 1. The van der Waals surface area contributed by atoms with Gasteiger partial charge >= 0.3 is 0 Å². The quantitative estimate of drug-likeness (QED) is 0.322. The smallest absolute Gasteiger partial charge is 0.255 e. The Bertz CT molecular complexity index is 1290. The SMILES string of the molecule is CCCC#Cc1cc(N(C)C)c2c(c1O)C(O)=C1C(=O)C3(O)C(O)=C(C(N)=O)C(=O)CC3CC1C2. The number of phenolic OH excluding ortho intramolecular Hbond substituents is 1. The number of benzene rings is 1. The summed E-state index contributed by atoms with van der Waals surface area (Å²) in [5, 5.41) is 44.3. The Balaban J connectivity index is 1.95. The number of nitrogens with zero attached hydrogens (tertiary/aromatic N) is 1. The number of carbonyl (C=O) groups is 3. The molecule has 4 rings (SSSR count). The number of rotatable bonds is 3. The van der Waals surface area contributed by atoms with Gasteiger partial charge in [-0.2, -0.15) is 0 Å². The first-order chi connectivity index (χ1) is 16.4.